The summed E-state index contributed by atoms with van der Waals surface area (Å²) in [5.41, 5.74) is 1.11. The van der Waals surface area contributed by atoms with E-state index in [4.69, 9.17) is 9.97 Å². The molecule has 1 saturated carbocycles. The van der Waals surface area contributed by atoms with E-state index < -0.39 is 0 Å². The zero-order chi connectivity index (χ0) is 15.8. The molecule has 0 amide bonds. The molecule has 0 bridgehead atoms. The van der Waals surface area contributed by atoms with Crippen LogP contribution in [0.15, 0.2) is 0 Å². The lowest BCUT2D eigenvalue weighted by molar-refractivity contribution is 0.540. The summed E-state index contributed by atoms with van der Waals surface area (Å²) >= 11 is 0. The van der Waals surface area contributed by atoms with Gasteiger partial charge in [-0.15, -0.1) is 0 Å². The molecule has 1 N–H and O–H groups in total. The van der Waals surface area contributed by atoms with Crippen LogP contribution in [0.1, 0.15) is 58.8 Å². The standard InChI is InChI=1S/C17H30N4/c1-11(2)21(10-13-8-9-13)15-12(3)14(18-7)19-16(20-15)17(4,5)6/h11,13H,8-10H2,1-7H3,(H,18,19,20). The van der Waals surface area contributed by atoms with E-state index in [1.165, 1.54) is 12.8 Å². The first kappa shape index (κ1) is 16.1. The minimum atomic E-state index is -0.0454. The predicted octanol–water partition coefficient (Wildman–Crippen LogP) is 3.75. The third-order valence-corrected chi connectivity index (χ3v) is 4.07. The van der Waals surface area contributed by atoms with Crippen molar-refractivity contribution in [1.29, 1.82) is 0 Å². The Morgan fingerprint density at radius 1 is 1.24 bits per heavy atom. The van der Waals surface area contributed by atoms with Gasteiger partial charge in [0.05, 0.1) is 0 Å². The van der Waals surface area contributed by atoms with Gasteiger partial charge >= 0.3 is 0 Å². The highest BCUT2D eigenvalue weighted by molar-refractivity contribution is 5.59. The van der Waals surface area contributed by atoms with E-state index in [-0.39, 0.29) is 5.41 Å². The topological polar surface area (TPSA) is 41.1 Å². The van der Waals surface area contributed by atoms with Crippen molar-refractivity contribution in [1.82, 2.24) is 9.97 Å². The van der Waals surface area contributed by atoms with Crippen LogP contribution >= 0.6 is 0 Å². The fraction of sp³-hybridized carbons (Fsp3) is 0.765. The number of aromatic nitrogens is 2. The number of nitrogens with one attached hydrogen (secondary N) is 1. The van der Waals surface area contributed by atoms with Crippen LogP contribution in [0.5, 0.6) is 0 Å². The normalized spacial score (nSPS) is 15.4. The smallest absolute Gasteiger partial charge is 0.138 e. The van der Waals surface area contributed by atoms with Crippen LogP contribution in [0.25, 0.3) is 0 Å². The molecule has 4 heteroatoms. The van der Waals surface area contributed by atoms with E-state index in [9.17, 15) is 0 Å². The maximum Gasteiger partial charge on any atom is 0.138 e. The Balaban J connectivity index is 2.48. The molecule has 1 aliphatic carbocycles. The van der Waals surface area contributed by atoms with Crippen molar-refractivity contribution in [2.75, 3.05) is 23.8 Å². The van der Waals surface area contributed by atoms with Crippen LogP contribution in [-0.4, -0.2) is 29.6 Å². The number of hydrogen-bond donors (Lipinski definition) is 1. The number of anilines is 2. The van der Waals surface area contributed by atoms with Gasteiger partial charge in [0.15, 0.2) is 0 Å². The number of nitrogens with zero attached hydrogens (tertiary/aromatic N) is 3. The van der Waals surface area contributed by atoms with Gasteiger partial charge in [0, 0.05) is 30.6 Å². The monoisotopic (exact) mass is 290 g/mol. The molecule has 0 radical (unpaired) electrons. The predicted molar refractivity (Wildman–Crippen MR) is 90.2 cm³/mol. The van der Waals surface area contributed by atoms with Crippen molar-refractivity contribution in [3.8, 4) is 0 Å². The van der Waals surface area contributed by atoms with Crippen LogP contribution < -0.4 is 10.2 Å². The Morgan fingerprint density at radius 3 is 2.29 bits per heavy atom. The van der Waals surface area contributed by atoms with Crippen LogP contribution in [0, 0.1) is 12.8 Å². The summed E-state index contributed by atoms with van der Waals surface area (Å²) in [6.45, 7) is 14.2. The molecule has 2 rings (SSSR count). The van der Waals surface area contributed by atoms with Crippen molar-refractivity contribution >= 4 is 11.6 Å². The molecule has 1 aromatic heterocycles. The maximum absolute atomic E-state index is 4.93. The summed E-state index contributed by atoms with van der Waals surface area (Å²) < 4.78 is 0. The molecule has 0 spiro atoms. The van der Waals surface area contributed by atoms with E-state index in [1.807, 2.05) is 7.05 Å². The van der Waals surface area contributed by atoms with Gasteiger partial charge in [0.25, 0.3) is 0 Å². The Hall–Kier alpha value is -1.32. The van der Waals surface area contributed by atoms with Crippen LogP contribution in [0.2, 0.25) is 0 Å². The highest BCUT2D eigenvalue weighted by Crippen LogP contribution is 2.34. The summed E-state index contributed by atoms with van der Waals surface area (Å²) in [7, 11) is 1.94. The van der Waals surface area contributed by atoms with Gasteiger partial charge in [0.2, 0.25) is 0 Å². The first-order chi connectivity index (χ1) is 9.74. The number of rotatable bonds is 5. The van der Waals surface area contributed by atoms with E-state index in [2.05, 4.69) is 51.8 Å². The molecule has 21 heavy (non-hydrogen) atoms. The third-order valence-electron chi connectivity index (χ3n) is 4.07. The minimum absolute atomic E-state index is 0.0454. The van der Waals surface area contributed by atoms with Gasteiger partial charge < -0.3 is 10.2 Å². The molecule has 4 nitrogen and oxygen atoms in total. The molecule has 0 saturated heterocycles. The van der Waals surface area contributed by atoms with E-state index in [0.29, 0.717) is 6.04 Å². The summed E-state index contributed by atoms with van der Waals surface area (Å²) in [5, 5.41) is 3.23. The van der Waals surface area contributed by atoms with Gasteiger partial charge in [-0.25, -0.2) is 9.97 Å². The SMILES string of the molecule is CNc1nc(C(C)(C)C)nc(N(CC2CC2)C(C)C)c1C. The van der Waals surface area contributed by atoms with Crippen LogP contribution in [0.4, 0.5) is 11.6 Å². The van der Waals surface area contributed by atoms with Gasteiger partial charge in [0.1, 0.15) is 17.5 Å². The second-order valence-corrected chi connectivity index (χ2v) is 7.53. The van der Waals surface area contributed by atoms with Crippen LogP contribution in [0.3, 0.4) is 0 Å². The molecule has 1 heterocycles. The lowest BCUT2D eigenvalue weighted by Crippen LogP contribution is -2.35. The summed E-state index contributed by atoms with van der Waals surface area (Å²) in [6.07, 6.45) is 2.72. The molecular formula is C17H30N4. The van der Waals surface area contributed by atoms with Crippen molar-refractivity contribution in [2.45, 2.75) is 65.8 Å². The van der Waals surface area contributed by atoms with Gasteiger partial charge in [-0.2, -0.15) is 0 Å². The lowest BCUT2D eigenvalue weighted by Gasteiger charge is -2.31. The lowest BCUT2D eigenvalue weighted by atomic mass is 9.95. The quantitative estimate of drug-likeness (QED) is 0.896. The minimum Gasteiger partial charge on any atom is -0.373 e. The first-order valence-electron chi connectivity index (χ1n) is 8.07. The molecule has 1 aliphatic rings. The first-order valence-corrected chi connectivity index (χ1v) is 8.07. The Bertz CT molecular complexity index is 498. The molecule has 118 valence electrons. The van der Waals surface area contributed by atoms with E-state index in [0.717, 1.165) is 35.5 Å². The summed E-state index contributed by atoms with van der Waals surface area (Å²) in [4.78, 5) is 12.1. The molecule has 0 aliphatic heterocycles. The van der Waals surface area contributed by atoms with E-state index in [1.54, 1.807) is 0 Å². The van der Waals surface area contributed by atoms with Gasteiger partial charge in [-0.1, -0.05) is 20.8 Å². The fourth-order valence-electron chi connectivity index (χ4n) is 2.48. The maximum atomic E-state index is 4.93. The van der Waals surface area contributed by atoms with Gasteiger partial charge in [-0.3, -0.25) is 0 Å². The van der Waals surface area contributed by atoms with Crippen molar-refractivity contribution in [2.24, 2.45) is 5.92 Å². The van der Waals surface area contributed by atoms with Gasteiger partial charge in [-0.05, 0) is 39.5 Å². The molecule has 1 fully saturated rings. The second-order valence-electron chi connectivity index (χ2n) is 7.53. The molecule has 0 atom stereocenters. The summed E-state index contributed by atoms with van der Waals surface area (Å²) in [5.74, 6) is 3.80. The van der Waals surface area contributed by atoms with Crippen molar-refractivity contribution in [3.05, 3.63) is 11.4 Å². The fourth-order valence-corrected chi connectivity index (χ4v) is 2.48. The largest absolute Gasteiger partial charge is 0.373 e. The highest BCUT2D eigenvalue weighted by Gasteiger charge is 2.29. The average Bonchev–Trinajstić information content (AvgIpc) is 3.19. The zero-order valence-corrected chi connectivity index (χ0v) is 14.6. The highest BCUT2D eigenvalue weighted by atomic mass is 15.2. The summed E-state index contributed by atoms with van der Waals surface area (Å²) in [6, 6.07) is 0.455. The zero-order valence-electron chi connectivity index (χ0n) is 14.6. The second kappa shape index (κ2) is 5.82. The molecule has 1 aromatic rings. The molecule has 0 aromatic carbocycles. The third kappa shape index (κ3) is 3.66. The Morgan fingerprint density at radius 2 is 1.86 bits per heavy atom. The Kier molecular flexibility index (Phi) is 4.45. The van der Waals surface area contributed by atoms with Crippen LogP contribution in [-0.2, 0) is 5.41 Å². The van der Waals surface area contributed by atoms with Crippen molar-refractivity contribution in [3.63, 3.8) is 0 Å². The number of hydrogen-bond acceptors (Lipinski definition) is 4. The molecule has 0 unspecified atom stereocenters. The van der Waals surface area contributed by atoms with E-state index >= 15 is 0 Å². The average molecular weight is 290 g/mol. The Labute approximate surface area is 129 Å². The molecular weight excluding hydrogens is 260 g/mol. The van der Waals surface area contributed by atoms with Crippen molar-refractivity contribution < 1.29 is 0 Å².